The lowest BCUT2D eigenvalue weighted by atomic mass is 9.67. The van der Waals surface area contributed by atoms with Gasteiger partial charge in [0.15, 0.2) is 0 Å². The maximum Gasteiger partial charge on any atom is 0.0713 e. The van der Waals surface area contributed by atoms with Crippen molar-refractivity contribution in [2.45, 2.75) is 5.41 Å². The summed E-state index contributed by atoms with van der Waals surface area (Å²) in [6.45, 7) is 0. The molecule has 0 spiro atoms. The Hall–Kier alpha value is -8.52. The molecule has 0 heterocycles. The number of hydrogen-bond donors (Lipinski definition) is 0. The second-order valence-electron chi connectivity index (χ2n) is 17.2. The first-order chi connectivity index (χ1) is 32.7. The number of para-hydroxylation sites is 1. The Bertz CT molecular complexity index is 3460. The molecule has 1 heteroatoms. The van der Waals surface area contributed by atoms with Crippen molar-refractivity contribution in [2.75, 3.05) is 4.90 Å². The Morgan fingerprint density at radius 1 is 0.258 bits per heavy atom. The Morgan fingerprint density at radius 2 is 0.758 bits per heavy atom. The number of hydrogen-bond acceptors (Lipinski definition) is 1. The van der Waals surface area contributed by atoms with E-state index >= 15 is 0 Å². The molecular weight excluding hydrogens is 795 g/mol. The SMILES string of the molecule is c1ccc(-c2ccc(-c3ccccc3N(c3ccc(-c4ccc5c(c4)C(c4ccccc4)(c4ccccc4)c4ccccc4-5)cc3)c3cccc(-c4cccc5ccccc45)c3)cc2)cc1. The van der Waals surface area contributed by atoms with Crippen LogP contribution in [0.15, 0.2) is 273 Å². The molecule has 1 aliphatic rings. The van der Waals surface area contributed by atoms with Gasteiger partial charge in [-0.15, -0.1) is 0 Å². The zero-order chi connectivity index (χ0) is 43.9. The van der Waals surface area contributed by atoms with E-state index in [9.17, 15) is 0 Å². The van der Waals surface area contributed by atoms with Gasteiger partial charge in [0, 0.05) is 16.9 Å². The average molecular weight is 840 g/mol. The van der Waals surface area contributed by atoms with Crippen molar-refractivity contribution in [1.29, 1.82) is 0 Å². The number of nitrogens with zero attached hydrogens (tertiary/aromatic N) is 1. The first-order valence-electron chi connectivity index (χ1n) is 22.8. The lowest BCUT2D eigenvalue weighted by Gasteiger charge is -2.34. The molecule has 0 unspecified atom stereocenters. The van der Waals surface area contributed by atoms with Gasteiger partial charge >= 0.3 is 0 Å². The largest absolute Gasteiger partial charge is 0.310 e. The maximum absolute atomic E-state index is 2.45. The minimum Gasteiger partial charge on any atom is -0.310 e. The van der Waals surface area contributed by atoms with E-state index in [1.165, 1.54) is 77.5 Å². The number of benzene rings is 11. The molecular formula is C65H45N. The average Bonchev–Trinajstić information content (AvgIpc) is 3.70. The summed E-state index contributed by atoms with van der Waals surface area (Å²) < 4.78 is 0. The molecule has 11 aromatic rings. The van der Waals surface area contributed by atoms with Crippen molar-refractivity contribution in [3.63, 3.8) is 0 Å². The van der Waals surface area contributed by atoms with Crippen LogP contribution in [-0.2, 0) is 5.41 Å². The van der Waals surface area contributed by atoms with E-state index in [1.54, 1.807) is 0 Å². The van der Waals surface area contributed by atoms with Crippen molar-refractivity contribution < 1.29 is 0 Å². The predicted molar refractivity (Wildman–Crippen MR) is 278 cm³/mol. The van der Waals surface area contributed by atoms with Crippen LogP contribution in [0.1, 0.15) is 22.3 Å². The lowest BCUT2D eigenvalue weighted by molar-refractivity contribution is 0.769. The maximum atomic E-state index is 2.45. The first kappa shape index (κ1) is 39.1. The zero-order valence-corrected chi connectivity index (χ0v) is 36.4. The Kier molecular flexibility index (Phi) is 9.81. The predicted octanol–water partition coefficient (Wildman–Crippen LogP) is 17.3. The molecule has 310 valence electrons. The van der Waals surface area contributed by atoms with Crippen molar-refractivity contribution in [2.24, 2.45) is 0 Å². The van der Waals surface area contributed by atoms with Crippen molar-refractivity contribution >= 4 is 27.8 Å². The smallest absolute Gasteiger partial charge is 0.0713 e. The fraction of sp³-hybridized carbons (Fsp3) is 0.0154. The third-order valence-electron chi connectivity index (χ3n) is 13.6. The summed E-state index contributed by atoms with van der Waals surface area (Å²) in [5.41, 5.74) is 20.0. The zero-order valence-electron chi connectivity index (χ0n) is 36.4. The first-order valence-corrected chi connectivity index (χ1v) is 22.8. The molecule has 0 saturated heterocycles. The van der Waals surface area contributed by atoms with E-state index in [2.05, 4.69) is 278 Å². The van der Waals surface area contributed by atoms with Gasteiger partial charge in [0.25, 0.3) is 0 Å². The van der Waals surface area contributed by atoms with E-state index < -0.39 is 5.41 Å². The van der Waals surface area contributed by atoms with Crippen LogP contribution in [0.3, 0.4) is 0 Å². The van der Waals surface area contributed by atoms with Crippen molar-refractivity contribution in [3.05, 3.63) is 295 Å². The molecule has 0 atom stereocenters. The van der Waals surface area contributed by atoms with Gasteiger partial charge in [0.1, 0.15) is 0 Å². The molecule has 0 bridgehead atoms. The molecule has 0 amide bonds. The highest BCUT2D eigenvalue weighted by atomic mass is 15.1. The monoisotopic (exact) mass is 839 g/mol. The van der Waals surface area contributed by atoms with E-state index in [0.717, 1.165) is 28.2 Å². The summed E-state index contributed by atoms with van der Waals surface area (Å²) in [5, 5.41) is 2.48. The van der Waals surface area contributed by atoms with Crippen LogP contribution in [0.4, 0.5) is 17.1 Å². The standard InChI is InChI=1S/C65H45N/c1-4-18-46(19-5-1)47-34-36-50(37-35-47)59-29-13-15-33-64(59)66(56-27-16-22-52(44-56)58-31-17-21-49-20-10-11-28-57(49)58)55-41-38-48(39-42-55)51-40-43-61-60-30-12-14-32-62(60)65(63(61)45-51,53-23-6-2-7-24-53)54-25-8-3-9-26-54/h1-45H. The van der Waals surface area contributed by atoms with Gasteiger partial charge in [-0.25, -0.2) is 0 Å². The minimum absolute atomic E-state index is 0.459. The van der Waals surface area contributed by atoms with Crippen LogP contribution in [0.25, 0.3) is 66.4 Å². The Balaban J connectivity index is 0.995. The molecule has 11 aromatic carbocycles. The summed E-state index contributed by atoms with van der Waals surface area (Å²) >= 11 is 0. The third-order valence-corrected chi connectivity index (χ3v) is 13.6. The van der Waals surface area contributed by atoms with Crippen LogP contribution >= 0.6 is 0 Å². The second kappa shape index (κ2) is 16.6. The van der Waals surface area contributed by atoms with E-state index in [4.69, 9.17) is 0 Å². The Morgan fingerprint density at radius 3 is 1.52 bits per heavy atom. The normalized spacial score (nSPS) is 12.4. The van der Waals surface area contributed by atoms with E-state index in [1.807, 2.05) is 0 Å². The van der Waals surface area contributed by atoms with E-state index in [0.29, 0.717) is 0 Å². The van der Waals surface area contributed by atoms with Gasteiger partial charge in [-0.05, 0) is 119 Å². The number of fused-ring (bicyclic) bond motifs is 4. The molecule has 0 aromatic heterocycles. The summed E-state index contributed by atoms with van der Waals surface area (Å²) in [6.07, 6.45) is 0. The Labute approximate surface area is 387 Å². The second-order valence-corrected chi connectivity index (χ2v) is 17.2. The van der Waals surface area contributed by atoms with Crippen LogP contribution in [-0.4, -0.2) is 0 Å². The van der Waals surface area contributed by atoms with Gasteiger partial charge in [0.05, 0.1) is 11.1 Å². The summed E-state index contributed by atoms with van der Waals surface area (Å²) in [5.74, 6) is 0. The molecule has 1 nitrogen and oxygen atoms in total. The molecule has 0 N–H and O–H groups in total. The summed E-state index contributed by atoms with van der Waals surface area (Å²) in [6, 6.07) is 100.0. The molecule has 0 fully saturated rings. The van der Waals surface area contributed by atoms with E-state index in [-0.39, 0.29) is 0 Å². The van der Waals surface area contributed by atoms with Crippen molar-refractivity contribution in [1.82, 2.24) is 0 Å². The van der Waals surface area contributed by atoms with Crippen LogP contribution in [0.2, 0.25) is 0 Å². The molecule has 66 heavy (non-hydrogen) atoms. The molecule has 12 rings (SSSR count). The summed E-state index contributed by atoms with van der Waals surface area (Å²) in [7, 11) is 0. The third kappa shape index (κ3) is 6.64. The van der Waals surface area contributed by atoms with Gasteiger partial charge in [-0.2, -0.15) is 0 Å². The number of rotatable bonds is 9. The van der Waals surface area contributed by atoms with Crippen molar-refractivity contribution in [3.8, 4) is 55.6 Å². The highest BCUT2D eigenvalue weighted by Gasteiger charge is 2.46. The van der Waals surface area contributed by atoms with Gasteiger partial charge < -0.3 is 4.90 Å². The van der Waals surface area contributed by atoms with Crippen LogP contribution in [0, 0.1) is 0 Å². The molecule has 0 aliphatic heterocycles. The fourth-order valence-corrected chi connectivity index (χ4v) is 10.5. The quantitative estimate of drug-likeness (QED) is 0.140. The van der Waals surface area contributed by atoms with Crippen LogP contribution in [0.5, 0.6) is 0 Å². The highest BCUT2D eigenvalue weighted by molar-refractivity contribution is 5.98. The van der Waals surface area contributed by atoms with Gasteiger partial charge in [-0.1, -0.05) is 237 Å². The number of anilines is 3. The lowest BCUT2D eigenvalue weighted by Crippen LogP contribution is -2.28. The molecule has 0 saturated carbocycles. The molecule has 0 radical (unpaired) electrons. The fourth-order valence-electron chi connectivity index (χ4n) is 10.5. The van der Waals surface area contributed by atoms with Gasteiger partial charge in [-0.3, -0.25) is 0 Å². The summed E-state index contributed by atoms with van der Waals surface area (Å²) in [4.78, 5) is 2.42. The van der Waals surface area contributed by atoms with Gasteiger partial charge in [0.2, 0.25) is 0 Å². The topological polar surface area (TPSA) is 3.24 Å². The highest BCUT2D eigenvalue weighted by Crippen LogP contribution is 2.57. The van der Waals surface area contributed by atoms with Crippen LogP contribution < -0.4 is 4.90 Å². The minimum atomic E-state index is -0.459. The molecule has 1 aliphatic carbocycles.